The minimum absolute atomic E-state index is 0.0276. The molecule has 1 saturated heterocycles. The fourth-order valence-corrected chi connectivity index (χ4v) is 2.56. The van der Waals surface area contributed by atoms with E-state index in [9.17, 15) is 4.79 Å². The summed E-state index contributed by atoms with van der Waals surface area (Å²) in [5.74, 6) is 0.709. The Balaban J connectivity index is 1.61. The lowest BCUT2D eigenvalue weighted by atomic mass is 10.1. The summed E-state index contributed by atoms with van der Waals surface area (Å²) >= 11 is 0. The molecule has 2 aromatic rings. The molecule has 0 atom stereocenters. The highest BCUT2D eigenvalue weighted by Gasteiger charge is 2.22. The molecule has 112 valence electrons. The van der Waals surface area contributed by atoms with Crippen LogP contribution in [0, 0.1) is 0 Å². The van der Waals surface area contributed by atoms with Gasteiger partial charge in [-0.05, 0) is 18.9 Å². The Morgan fingerprint density at radius 3 is 2.90 bits per heavy atom. The first-order valence-corrected chi connectivity index (χ1v) is 7.00. The third kappa shape index (κ3) is 2.97. The number of hydrogen-bond donors (Lipinski definition) is 0. The van der Waals surface area contributed by atoms with Gasteiger partial charge in [0, 0.05) is 25.4 Å². The second kappa shape index (κ2) is 6.09. The lowest BCUT2D eigenvalue weighted by Crippen LogP contribution is -2.38. The number of piperidine rings is 1. The lowest BCUT2D eigenvalue weighted by Gasteiger charge is -2.33. The van der Waals surface area contributed by atoms with E-state index in [1.54, 1.807) is 12.4 Å². The van der Waals surface area contributed by atoms with Gasteiger partial charge < -0.3 is 14.4 Å². The minimum Gasteiger partial charge on any atom is -0.467 e. The molecule has 21 heavy (non-hydrogen) atoms. The number of esters is 1. The van der Waals surface area contributed by atoms with Crippen molar-refractivity contribution in [2.75, 3.05) is 31.7 Å². The monoisotopic (exact) mass is 290 g/mol. The van der Waals surface area contributed by atoms with Crippen LogP contribution < -0.4 is 4.90 Å². The summed E-state index contributed by atoms with van der Waals surface area (Å²) < 4.78 is 12.0. The molecule has 1 aliphatic rings. The van der Waals surface area contributed by atoms with Gasteiger partial charge >= 0.3 is 5.97 Å². The van der Waals surface area contributed by atoms with Gasteiger partial charge in [0.1, 0.15) is 12.4 Å². The molecule has 0 spiro atoms. The lowest BCUT2D eigenvalue weighted by molar-refractivity contribution is -0.148. The molecule has 3 rings (SSSR count). The van der Waals surface area contributed by atoms with Crippen LogP contribution in [-0.4, -0.2) is 53.5 Å². The molecule has 7 nitrogen and oxygen atoms in total. The van der Waals surface area contributed by atoms with Gasteiger partial charge in [0.05, 0.1) is 19.4 Å². The Bertz CT molecular complexity index is 619. The van der Waals surface area contributed by atoms with E-state index in [1.807, 2.05) is 16.6 Å². The predicted molar refractivity (Wildman–Crippen MR) is 76.2 cm³/mol. The number of methoxy groups -OCH3 is 1. The summed E-state index contributed by atoms with van der Waals surface area (Å²) in [6.45, 7) is 1.76. The highest BCUT2D eigenvalue weighted by molar-refractivity contribution is 5.70. The summed E-state index contributed by atoms with van der Waals surface area (Å²) in [6.07, 6.45) is 5.41. The summed E-state index contributed by atoms with van der Waals surface area (Å²) in [7, 11) is 1.37. The van der Waals surface area contributed by atoms with Gasteiger partial charge in [0.15, 0.2) is 5.65 Å². The first-order chi connectivity index (χ1) is 10.3. The van der Waals surface area contributed by atoms with E-state index in [2.05, 4.69) is 19.7 Å². The van der Waals surface area contributed by atoms with Crippen LogP contribution in [0.5, 0.6) is 0 Å². The average Bonchev–Trinajstić information content (AvgIpc) is 3.01. The number of hydrogen-bond acceptors (Lipinski definition) is 6. The van der Waals surface area contributed by atoms with Crippen molar-refractivity contribution in [1.82, 2.24) is 14.6 Å². The van der Waals surface area contributed by atoms with Crippen LogP contribution in [0.15, 0.2) is 24.5 Å². The molecule has 0 radical (unpaired) electrons. The van der Waals surface area contributed by atoms with E-state index in [4.69, 9.17) is 4.74 Å². The van der Waals surface area contributed by atoms with Crippen molar-refractivity contribution in [3.63, 3.8) is 0 Å². The van der Waals surface area contributed by atoms with Gasteiger partial charge in [-0.15, -0.1) is 0 Å². The van der Waals surface area contributed by atoms with Crippen LogP contribution >= 0.6 is 0 Å². The van der Waals surface area contributed by atoms with Gasteiger partial charge in [-0.2, -0.15) is 9.61 Å². The molecule has 0 aromatic carbocycles. The van der Waals surface area contributed by atoms with E-state index < -0.39 is 0 Å². The molecule has 1 aliphatic heterocycles. The van der Waals surface area contributed by atoms with Crippen molar-refractivity contribution in [2.24, 2.45) is 0 Å². The van der Waals surface area contributed by atoms with Crippen LogP contribution in [-0.2, 0) is 14.3 Å². The molecule has 0 bridgehead atoms. The number of nitrogens with zero attached hydrogens (tertiary/aromatic N) is 4. The zero-order valence-corrected chi connectivity index (χ0v) is 11.9. The standard InChI is InChI=1S/C14H18N4O3/c1-20-14(19)10-21-11-4-8-17(9-5-11)13-3-6-15-12-2-7-16-18(12)13/h2-3,6-7,11H,4-5,8-10H2,1H3. The normalized spacial score (nSPS) is 16.3. The number of carbonyl (C=O) groups is 1. The fraction of sp³-hybridized carbons (Fsp3) is 0.500. The highest BCUT2D eigenvalue weighted by atomic mass is 16.6. The van der Waals surface area contributed by atoms with Crippen LogP contribution in [0.4, 0.5) is 5.82 Å². The number of rotatable bonds is 4. The quantitative estimate of drug-likeness (QED) is 0.779. The molecule has 7 heteroatoms. The molecule has 0 saturated carbocycles. The van der Waals surface area contributed by atoms with Crippen LogP contribution in [0.3, 0.4) is 0 Å². The maximum atomic E-state index is 11.1. The van der Waals surface area contributed by atoms with Gasteiger partial charge in [-0.25, -0.2) is 9.78 Å². The summed E-state index contributed by atoms with van der Waals surface area (Å²) in [4.78, 5) is 17.6. The van der Waals surface area contributed by atoms with E-state index in [1.165, 1.54) is 7.11 Å². The maximum absolute atomic E-state index is 11.1. The molecule has 1 fully saturated rings. The van der Waals surface area contributed by atoms with Gasteiger partial charge in [-0.3, -0.25) is 0 Å². The SMILES string of the molecule is COC(=O)COC1CCN(c2ccnc3ccnn23)CC1. The number of carbonyl (C=O) groups excluding carboxylic acids is 1. The zero-order chi connectivity index (χ0) is 14.7. The number of anilines is 1. The average molecular weight is 290 g/mol. The first-order valence-electron chi connectivity index (χ1n) is 7.00. The Labute approximate surface area is 122 Å². The molecule has 0 unspecified atom stereocenters. The maximum Gasteiger partial charge on any atom is 0.331 e. The minimum atomic E-state index is -0.329. The number of ether oxygens (including phenoxy) is 2. The Kier molecular flexibility index (Phi) is 4.01. The number of fused-ring (bicyclic) bond motifs is 1. The van der Waals surface area contributed by atoms with Gasteiger partial charge in [-0.1, -0.05) is 0 Å². The Morgan fingerprint density at radius 1 is 1.33 bits per heavy atom. The van der Waals surface area contributed by atoms with Crippen LogP contribution in [0.1, 0.15) is 12.8 Å². The third-order valence-corrected chi connectivity index (χ3v) is 3.70. The van der Waals surface area contributed by atoms with E-state index in [0.717, 1.165) is 37.4 Å². The van der Waals surface area contributed by atoms with E-state index in [0.29, 0.717) is 0 Å². The Hall–Kier alpha value is -2.15. The second-order valence-electron chi connectivity index (χ2n) is 4.98. The summed E-state index contributed by atoms with van der Waals surface area (Å²) in [5, 5.41) is 4.30. The summed E-state index contributed by atoms with van der Waals surface area (Å²) in [6, 6.07) is 3.85. The highest BCUT2D eigenvalue weighted by Crippen LogP contribution is 2.21. The molecule has 3 heterocycles. The number of aromatic nitrogens is 3. The topological polar surface area (TPSA) is 69.0 Å². The van der Waals surface area contributed by atoms with Crippen molar-refractivity contribution in [1.29, 1.82) is 0 Å². The van der Waals surface area contributed by atoms with Crippen molar-refractivity contribution in [3.05, 3.63) is 24.5 Å². The predicted octanol–water partition coefficient (Wildman–Crippen LogP) is 0.888. The van der Waals surface area contributed by atoms with Crippen molar-refractivity contribution in [3.8, 4) is 0 Å². The smallest absolute Gasteiger partial charge is 0.331 e. The molecule has 2 aromatic heterocycles. The molecule has 0 N–H and O–H groups in total. The van der Waals surface area contributed by atoms with Gasteiger partial charge in [0.2, 0.25) is 0 Å². The van der Waals surface area contributed by atoms with Gasteiger partial charge in [0.25, 0.3) is 0 Å². The summed E-state index contributed by atoms with van der Waals surface area (Å²) in [5.41, 5.74) is 0.844. The Morgan fingerprint density at radius 2 is 2.14 bits per heavy atom. The largest absolute Gasteiger partial charge is 0.467 e. The molecule has 0 amide bonds. The second-order valence-corrected chi connectivity index (χ2v) is 4.98. The van der Waals surface area contributed by atoms with Crippen molar-refractivity contribution in [2.45, 2.75) is 18.9 Å². The molecular weight excluding hydrogens is 272 g/mol. The van der Waals surface area contributed by atoms with Crippen molar-refractivity contribution < 1.29 is 14.3 Å². The zero-order valence-electron chi connectivity index (χ0n) is 11.9. The van der Waals surface area contributed by atoms with Crippen molar-refractivity contribution >= 4 is 17.4 Å². The van der Waals surface area contributed by atoms with E-state index in [-0.39, 0.29) is 18.7 Å². The van der Waals surface area contributed by atoms with Crippen LogP contribution in [0.2, 0.25) is 0 Å². The molecule has 0 aliphatic carbocycles. The molecular formula is C14H18N4O3. The van der Waals surface area contributed by atoms with E-state index >= 15 is 0 Å². The van der Waals surface area contributed by atoms with Crippen LogP contribution in [0.25, 0.3) is 5.65 Å². The third-order valence-electron chi connectivity index (χ3n) is 3.70. The first kappa shape index (κ1) is 13.8. The fourth-order valence-electron chi connectivity index (χ4n) is 2.56.